The molecule has 0 unspecified atom stereocenters. The Balaban J connectivity index is 2.63. The Hall–Kier alpha value is -1.01. The molecule has 2 heterocycles. The van der Waals surface area contributed by atoms with Gasteiger partial charge in [0, 0.05) is 11.6 Å². The van der Waals surface area contributed by atoms with Crippen LogP contribution in [-0.2, 0) is 6.42 Å². The van der Waals surface area contributed by atoms with Gasteiger partial charge >= 0.3 is 6.18 Å². The van der Waals surface area contributed by atoms with Crippen molar-refractivity contribution in [3.63, 3.8) is 0 Å². The summed E-state index contributed by atoms with van der Waals surface area (Å²) in [6, 6.07) is 1.58. The molecule has 0 N–H and O–H groups in total. The lowest BCUT2D eigenvalue weighted by molar-refractivity contribution is -0.127. The fourth-order valence-corrected chi connectivity index (χ4v) is 2.01. The minimum Gasteiger partial charge on any atom is -0.216 e. The second kappa shape index (κ2) is 4.03. The topological polar surface area (TPSA) is 30.2 Å². The van der Waals surface area contributed by atoms with Crippen LogP contribution in [0.25, 0.3) is 5.65 Å². The Kier molecular flexibility index (Phi) is 2.95. The predicted molar refractivity (Wildman–Crippen MR) is 57.5 cm³/mol. The van der Waals surface area contributed by atoms with E-state index in [2.05, 4.69) is 10.1 Å². The van der Waals surface area contributed by atoms with Crippen LogP contribution in [0.3, 0.4) is 0 Å². The predicted octanol–water partition coefficient (Wildman–Crippen LogP) is 3.45. The number of hydrogen-bond donors (Lipinski definition) is 0. The lowest BCUT2D eigenvalue weighted by atomic mass is 10.2. The SMILES string of the molecule is Cc1cc2nc(Cl)c(CC(F)(F)F)c(Cl)n2n1. The number of nitrogens with zero attached hydrogens (tertiary/aromatic N) is 3. The molecule has 2 rings (SSSR count). The van der Waals surface area contributed by atoms with E-state index in [0.717, 1.165) is 4.52 Å². The Morgan fingerprint density at radius 2 is 2.00 bits per heavy atom. The zero-order valence-corrected chi connectivity index (χ0v) is 10.0. The van der Waals surface area contributed by atoms with Crippen LogP contribution in [-0.4, -0.2) is 20.8 Å². The van der Waals surface area contributed by atoms with Crippen LogP contribution in [0.1, 0.15) is 11.3 Å². The van der Waals surface area contributed by atoms with Gasteiger partial charge in [0.15, 0.2) is 5.65 Å². The van der Waals surface area contributed by atoms with Crippen molar-refractivity contribution in [2.45, 2.75) is 19.5 Å². The first-order valence-electron chi connectivity index (χ1n) is 4.55. The Morgan fingerprint density at radius 1 is 1.35 bits per heavy atom. The highest BCUT2D eigenvalue weighted by Gasteiger charge is 2.31. The molecule has 0 atom stereocenters. The molecule has 2 aromatic rings. The number of hydrogen-bond acceptors (Lipinski definition) is 2. The molecule has 0 radical (unpaired) electrons. The summed E-state index contributed by atoms with van der Waals surface area (Å²) in [6.07, 6.45) is -5.63. The zero-order valence-electron chi connectivity index (χ0n) is 8.52. The first kappa shape index (κ1) is 12.4. The maximum atomic E-state index is 12.3. The summed E-state index contributed by atoms with van der Waals surface area (Å²) in [6.45, 7) is 1.68. The summed E-state index contributed by atoms with van der Waals surface area (Å²) in [5.41, 5.74) is 0.652. The number of halogens is 5. The van der Waals surface area contributed by atoms with Crippen molar-refractivity contribution in [2.24, 2.45) is 0 Å². The van der Waals surface area contributed by atoms with Crippen molar-refractivity contribution in [3.05, 3.63) is 27.6 Å². The monoisotopic (exact) mass is 283 g/mol. The molecule has 0 bridgehead atoms. The summed E-state index contributed by atoms with van der Waals surface area (Å²) < 4.78 is 38.1. The van der Waals surface area contributed by atoms with Crippen LogP contribution in [0.5, 0.6) is 0 Å². The minimum atomic E-state index is -4.40. The van der Waals surface area contributed by atoms with E-state index in [1.165, 1.54) is 0 Å². The molecule has 0 aliphatic carbocycles. The average molecular weight is 284 g/mol. The number of aryl methyl sites for hydroxylation is 1. The third-order valence-electron chi connectivity index (χ3n) is 2.09. The van der Waals surface area contributed by atoms with Gasteiger partial charge in [-0.25, -0.2) is 9.50 Å². The molecule has 0 aliphatic rings. The summed E-state index contributed by atoms with van der Waals surface area (Å²) >= 11 is 11.5. The van der Waals surface area contributed by atoms with Crippen LogP contribution < -0.4 is 0 Å². The Bertz CT molecular complexity index is 577. The molecule has 0 saturated heterocycles. The Labute approximate surface area is 104 Å². The highest BCUT2D eigenvalue weighted by Crippen LogP contribution is 2.30. The van der Waals surface area contributed by atoms with Crippen molar-refractivity contribution in [2.75, 3.05) is 0 Å². The molecule has 0 spiro atoms. The van der Waals surface area contributed by atoms with E-state index >= 15 is 0 Å². The van der Waals surface area contributed by atoms with E-state index in [9.17, 15) is 13.2 Å². The molecule has 0 fully saturated rings. The van der Waals surface area contributed by atoms with Gasteiger partial charge in [0.1, 0.15) is 10.3 Å². The van der Waals surface area contributed by atoms with Crippen LogP contribution in [0.2, 0.25) is 10.3 Å². The van der Waals surface area contributed by atoms with Gasteiger partial charge in [-0.1, -0.05) is 23.2 Å². The van der Waals surface area contributed by atoms with E-state index in [1.807, 2.05) is 0 Å². The maximum Gasteiger partial charge on any atom is 0.393 e. The molecule has 17 heavy (non-hydrogen) atoms. The van der Waals surface area contributed by atoms with Gasteiger partial charge in [0.05, 0.1) is 12.1 Å². The lowest BCUT2D eigenvalue weighted by Crippen LogP contribution is -2.14. The number of fused-ring (bicyclic) bond motifs is 1. The lowest BCUT2D eigenvalue weighted by Gasteiger charge is -2.10. The van der Waals surface area contributed by atoms with Crippen molar-refractivity contribution in [1.82, 2.24) is 14.6 Å². The van der Waals surface area contributed by atoms with Crippen molar-refractivity contribution in [3.8, 4) is 0 Å². The quantitative estimate of drug-likeness (QED) is 0.751. The Morgan fingerprint density at radius 3 is 2.59 bits per heavy atom. The molecule has 8 heteroatoms. The fourth-order valence-electron chi connectivity index (χ4n) is 1.44. The zero-order chi connectivity index (χ0) is 12.8. The third-order valence-corrected chi connectivity index (χ3v) is 2.79. The van der Waals surface area contributed by atoms with Crippen LogP contribution in [0.15, 0.2) is 6.07 Å². The van der Waals surface area contributed by atoms with E-state index in [1.54, 1.807) is 13.0 Å². The maximum absolute atomic E-state index is 12.3. The molecule has 92 valence electrons. The molecule has 3 nitrogen and oxygen atoms in total. The summed E-state index contributed by atoms with van der Waals surface area (Å²) in [5.74, 6) is 0. The number of aromatic nitrogens is 3. The highest BCUT2D eigenvalue weighted by atomic mass is 35.5. The smallest absolute Gasteiger partial charge is 0.216 e. The van der Waals surface area contributed by atoms with Gasteiger partial charge in [-0.3, -0.25) is 0 Å². The van der Waals surface area contributed by atoms with Crippen molar-refractivity contribution in [1.29, 1.82) is 0 Å². The molecule has 0 aliphatic heterocycles. The first-order chi connectivity index (χ1) is 7.78. The van der Waals surface area contributed by atoms with Crippen LogP contribution in [0, 0.1) is 6.92 Å². The second-order valence-electron chi connectivity index (χ2n) is 3.52. The van der Waals surface area contributed by atoms with E-state index in [0.29, 0.717) is 11.3 Å². The van der Waals surface area contributed by atoms with Gasteiger partial charge < -0.3 is 0 Å². The van der Waals surface area contributed by atoms with E-state index in [-0.39, 0.29) is 15.9 Å². The second-order valence-corrected chi connectivity index (χ2v) is 4.24. The largest absolute Gasteiger partial charge is 0.393 e. The van der Waals surface area contributed by atoms with Crippen LogP contribution >= 0.6 is 23.2 Å². The van der Waals surface area contributed by atoms with E-state index in [4.69, 9.17) is 23.2 Å². The third kappa shape index (κ3) is 2.47. The van der Waals surface area contributed by atoms with Gasteiger partial charge in [0.2, 0.25) is 0 Å². The molecular weight excluding hydrogens is 278 g/mol. The molecule has 2 aromatic heterocycles. The van der Waals surface area contributed by atoms with Gasteiger partial charge in [-0.15, -0.1) is 0 Å². The van der Waals surface area contributed by atoms with Crippen molar-refractivity contribution >= 4 is 28.8 Å². The summed E-state index contributed by atoms with van der Waals surface area (Å²) in [4.78, 5) is 3.82. The van der Waals surface area contributed by atoms with E-state index < -0.39 is 12.6 Å². The van der Waals surface area contributed by atoms with Gasteiger partial charge in [-0.05, 0) is 6.92 Å². The highest BCUT2D eigenvalue weighted by molar-refractivity contribution is 6.34. The van der Waals surface area contributed by atoms with Crippen molar-refractivity contribution < 1.29 is 13.2 Å². The number of alkyl halides is 3. The standard InChI is InChI=1S/C9H6Cl2F3N3/c1-4-2-6-15-7(10)5(3-9(12,13)14)8(11)17(6)16-4/h2H,3H2,1H3. The summed E-state index contributed by atoms with van der Waals surface area (Å²) in [5, 5.41) is 3.53. The fraction of sp³-hybridized carbons (Fsp3) is 0.333. The molecule has 0 aromatic carbocycles. The average Bonchev–Trinajstić information content (AvgIpc) is 2.52. The molecule has 0 saturated carbocycles. The first-order valence-corrected chi connectivity index (χ1v) is 5.30. The minimum absolute atomic E-state index is 0.162. The summed E-state index contributed by atoms with van der Waals surface area (Å²) in [7, 11) is 0. The van der Waals surface area contributed by atoms with Gasteiger partial charge in [0.25, 0.3) is 0 Å². The number of rotatable bonds is 1. The molecule has 0 amide bonds. The van der Waals surface area contributed by atoms with Gasteiger partial charge in [-0.2, -0.15) is 18.3 Å². The van der Waals surface area contributed by atoms with Crippen LogP contribution in [0.4, 0.5) is 13.2 Å². The molecular formula is C9H6Cl2F3N3. The normalized spacial score (nSPS) is 12.4.